The Labute approximate surface area is 61.8 Å². The van der Waals surface area contributed by atoms with E-state index in [0.717, 1.165) is 6.08 Å². The van der Waals surface area contributed by atoms with E-state index >= 15 is 0 Å². The summed E-state index contributed by atoms with van der Waals surface area (Å²) >= 11 is 0. The summed E-state index contributed by atoms with van der Waals surface area (Å²) in [4.78, 5) is 3.37. The Morgan fingerprint density at radius 1 is 1.45 bits per heavy atom. The highest BCUT2D eigenvalue weighted by Gasteiger charge is 2.34. The summed E-state index contributed by atoms with van der Waals surface area (Å²) in [5.41, 5.74) is -0.786. The predicted octanol–water partition coefficient (Wildman–Crippen LogP) is 0.0804. The van der Waals surface area contributed by atoms with Gasteiger partial charge < -0.3 is 5.32 Å². The normalized spacial score (nSPS) is 19.4. The Bertz CT molecular complexity index is 192. The molecule has 0 bridgehead atoms. The smallest absolute Gasteiger partial charge is 0.318 e. The molecule has 1 aliphatic heterocycles. The number of rotatable bonds is 0. The van der Waals surface area contributed by atoms with Crippen LogP contribution < -0.4 is 5.32 Å². The van der Waals surface area contributed by atoms with Gasteiger partial charge in [-0.25, -0.2) is 0 Å². The van der Waals surface area contributed by atoms with Crippen molar-refractivity contribution in [1.29, 1.82) is 0 Å². The van der Waals surface area contributed by atoms with Crippen LogP contribution in [-0.4, -0.2) is 25.0 Å². The highest BCUT2D eigenvalue weighted by Crippen LogP contribution is 2.17. The van der Waals surface area contributed by atoms with Crippen LogP contribution in [0, 0.1) is 0 Å². The SMILES string of the molecule is FC(F)(F)C1=NCC[NH2+]C=C1. The molecule has 0 amide bonds. The van der Waals surface area contributed by atoms with Gasteiger partial charge in [0.05, 0.1) is 19.3 Å². The van der Waals surface area contributed by atoms with Gasteiger partial charge in [0.15, 0.2) is 0 Å². The van der Waals surface area contributed by atoms with Crippen LogP contribution in [0.1, 0.15) is 0 Å². The van der Waals surface area contributed by atoms with Gasteiger partial charge in [0.1, 0.15) is 5.71 Å². The molecule has 62 valence electrons. The second-order valence-electron chi connectivity index (χ2n) is 2.15. The van der Waals surface area contributed by atoms with Gasteiger partial charge in [-0.15, -0.1) is 0 Å². The van der Waals surface area contributed by atoms with Crippen molar-refractivity contribution in [2.24, 2.45) is 4.99 Å². The number of alkyl halides is 3. The molecule has 0 aromatic heterocycles. The third-order valence-electron chi connectivity index (χ3n) is 1.26. The van der Waals surface area contributed by atoms with E-state index in [4.69, 9.17) is 0 Å². The van der Waals surface area contributed by atoms with Crippen LogP contribution in [0.15, 0.2) is 17.3 Å². The minimum absolute atomic E-state index is 0.224. The van der Waals surface area contributed by atoms with Crippen molar-refractivity contribution in [2.45, 2.75) is 6.18 Å². The summed E-state index contributed by atoms with van der Waals surface area (Å²) < 4.78 is 35.8. The monoisotopic (exact) mass is 165 g/mol. The second-order valence-corrected chi connectivity index (χ2v) is 2.15. The Morgan fingerprint density at radius 3 is 2.82 bits per heavy atom. The summed E-state index contributed by atoms with van der Waals surface area (Å²) in [5, 5.41) is 1.67. The molecule has 2 nitrogen and oxygen atoms in total. The van der Waals surface area contributed by atoms with E-state index in [1.54, 1.807) is 5.32 Å². The quantitative estimate of drug-likeness (QED) is 0.526. The van der Waals surface area contributed by atoms with Crippen molar-refractivity contribution in [3.05, 3.63) is 12.3 Å². The number of nitrogens with two attached hydrogens (primary N) is 1. The summed E-state index contributed by atoms with van der Waals surface area (Å²) in [5.74, 6) is 0. The number of allylic oxidation sites excluding steroid dienone is 1. The van der Waals surface area contributed by atoms with Gasteiger partial charge in [-0.1, -0.05) is 0 Å². The molecule has 0 fully saturated rings. The van der Waals surface area contributed by atoms with E-state index in [1.165, 1.54) is 6.20 Å². The minimum Gasteiger partial charge on any atom is -0.318 e. The van der Waals surface area contributed by atoms with Gasteiger partial charge in [0.2, 0.25) is 0 Å². The van der Waals surface area contributed by atoms with Crippen LogP contribution in [0.2, 0.25) is 0 Å². The van der Waals surface area contributed by atoms with Crippen LogP contribution in [0.4, 0.5) is 13.2 Å². The van der Waals surface area contributed by atoms with Crippen molar-refractivity contribution in [3.63, 3.8) is 0 Å². The first kappa shape index (κ1) is 8.26. The number of quaternary nitrogens is 1. The van der Waals surface area contributed by atoms with Gasteiger partial charge in [0.25, 0.3) is 0 Å². The lowest BCUT2D eigenvalue weighted by molar-refractivity contribution is -0.584. The molecular formula is C6H8F3N2+. The summed E-state index contributed by atoms with van der Waals surface area (Å²) in [6.45, 7) is 0.803. The molecule has 0 spiro atoms. The zero-order chi connectivity index (χ0) is 8.32. The highest BCUT2D eigenvalue weighted by molar-refractivity contribution is 5.99. The fourth-order valence-electron chi connectivity index (χ4n) is 0.752. The lowest BCUT2D eigenvalue weighted by atomic mass is 10.3. The maximum atomic E-state index is 11.9. The molecule has 1 heterocycles. The number of nitrogens with zero attached hydrogens (tertiary/aromatic N) is 1. The number of aliphatic imine (C=N–C) groups is 1. The van der Waals surface area contributed by atoms with Crippen molar-refractivity contribution in [3.8, 4) is 0 Å². The summed E-state index contributed by atoms with van der Waals surface area (Å²) in [6.07, 6.45) is -1.92. The van der Waals surface area contributed by atoms with E-state index in [1.807, 2.05) is 0 Å². The molecule has 0 aromatic rings. The molecule has 0 atom stereocenters. The molecule has 0 unspecified atom stereocenters. The average molecular weight is 165 g/mol. The van der Waals surface area contributed by atoms with Gasteiger partial charge in [-0.2, -0.15) is 13.2 Å². The highest BCUT2D eigenvalue weighted by atomic mass is 19.4. The average Bonchev–Trinajstić information content (AvgIpc) is 2.10. The Hall–Kier alpha value is -0.840. The summed E-state index contributed by atoms with van der Waals surface area (Å²) in [7, 11) is 0. The molecule has 0 saturated heterocycles. The van der Waals surface area contributed by atoms with Crippen LogP contribution in [-0.2, 0) is 0 Å². The first-order valence-corrected chi connectivity index (χ1v) is 3.22. The molecule has 2 N–H and O–H groups in total. The maximum Gasteiger partial charge on any atom is 0.433 e. The Morgan fingerprint density at radius 2 is 2.18 bits per heavy atom. The van der Waals surface area contributed by atoms with Crippen LogP contribution in [0.25, 0.3) is 0 Å². The standard InChI is InChI=1S/C6H7F3N2/c7-6(8,9)5-1-2-10-3-4-11-5/h1-2,10H,3-4H2/p+1. The maximum absolute atomic E-state index is 11.9. The molecule has 0 aromatic carbocycles. The van der Waals surface area contributed by atoms with Crippen molar-refractivity contribution in [1.82, 2.24) is 0 Å². The van der Waals surface area contributed by atoms with E-state index in [9.17, 15) is 13.2 Å². The summed E-state index contributed by atoms with van der Waals surface area (Å²) in [6, 6.07) is 0. The van der Waals surface area contributed by atoms with E-state index in [2.05, 4.69) is 4.99 Å². The van der Waals surface area contributed by atoms with Gasteiger partial charge >= 0.3 is 6.18 Å². The molecule has 11 heavy (non-hydrogen) atoms. The number of halogens is 3. The van der Waals surface area contributed by atoms with Crippen molar-refractivity contribution in [2.75, 3.05) is 13.1 Å². The van der Waals surface area contributed by atoms with Crippen LogP contribution >= 0.6 is 0 Å². The zero-order valence-corrected chi connectivity index (χ0v) is 5.73. The Balaban J connectivity index is 2.75. The molecule has 1 rings (SSSR count). The number of hydrogen-bond acceptors (Lipinski definition) is 1. The minimum atomic E-state index is -4.30. The fraction of sp³-hybridized carbons (Fsp3) is 0.500. The lowest BCUT2D eigenvalue weighted by Crippen LogP contribution is -2.78. The van der Waals surface area contributed by atoms with E-state index in [0.29, 0.717) is 6.54 Å². The van der Waals surface area contributed by atoms with Crippen LogP contribution in [0.5, 0.6) is 0 Å². The Kier molecular flexibility index (Phi) is 2.28. The largest absolute Gasteiger partial charge is 0.433 e. The lowest BCUT2D eigenvalue weighted by Gasteiger charge is -2.02. The van der Waals surface area contributed by atoms with E-state index < -0.39 is 11.9 Å². The molecule has 0 radical (unpaired) electrons. The van der Waals surface area contributed by atoms with Gasteiger partial charge in [-0.05, 0) is 0 Å². The second kappa shape index (κ2) is 3.04. The third kappa shape index (κ3) is 2.34. The first-order chi connectivity index (χ1) is 5.11. The van der Waals surface area contributed by atoms with Gasteiger partial charge in [-0.3, -0.25) is 4.99 Å². The molecule has 0 aliphatic carbocycles. The number of hydrogen-bond donors (Lipinski definition) is 1. The van der Waals surface area contributed by atoms with E-state index in [-0.39, 0.29) is 6.54 Å². The molecule has 0 saturated carbocycles. The van der Waals surface area contributed by atoms with Crippen LogP contribution in [0.3, 0.4) is 0 Å². The van der Waals surface area contributed by atoms with Gasteiger partial charge in [0, 0.05) is 6.08 Å². The fourth-order valence-corrected chi connectivity index (χ4v) is 0.752. The first-order valence-electron chi connectivity index (χ1n) is 3.22. The molecular weight excluding hydrogens is 157 g/mol. The van der Waals surface area contributed by atoms with Crippen molar-refractivity contribution >= 4 is 5.71 Å². The zero-order valence-electron chi connectivity index (χ0n) is 5.73. The van der Waals surface area contributed by atoms with Crippen molar-refractivity contribution < 1.29 is 18.5 Å². The third-order valence-corrected chi connectivity index (χ3v) is 1.26. The molecule has 5 heteroatoms. The predicted molar refractivity (Wildman–Crippen MR) is 34.3 cm³/mol. The molecule has 1 aliphatic rings. The topological polar surface area (TPSA) is 29.0 Å².